The van der Waals surface area contributed by atoms with E-state index in [9.17, 15) is 4.79 Å². The molecule has 0 N–H and O–H groups in total. The average molecular weight is 250 g/mol. The minimum atomic E-state index is 0.771. The highest BCUT2D eigenvalue weighted by atomic mass is 16.1. The molecule has 0 aromatic heterocycles. The average Bonchev–Trinajstić information content (AvgIpc) is 2.48. The van der Waals surface area contributed by atoms with E-state index in [1.807, 2.05) is 61.5 Å². The third kappa shape index (κ3) is 6.79. The van der Waals surface area contributed by atoms with Crippen LogP contribution in [0.1, 0.15) is 18.1 Å². The lowest BCUT2D eigenvalue weighted by atomic mass is 10.2. The van der Waals surface area contributed by atoms with Crippen molar-refractivity contribution >= 4 is 18.4 Å². The van der Waals surface area contributed by atoms with Gasteiger partial charge in [-0.2, -0.15) is 0 Å². The van der Waals surface area contributed by atoms with Gasteiger partial charge in [-0.1, -0.05) is 78.9 Å². The maximum absolute atomic E-state index is 9.89. The molecule has 2 aromatic carbocycles. The first-order valence-electron chi connectivity index (χ1n) is 6.21. The summed E-state index contributed by atoms with van der Waals surface area (Å²) in [5.41, 5.74) is 2.31. The molecule has 2 aromatic rings. The van der Waals surface area contributed by atoms with Crippen LogP contribution >= 0.6 is 0 Å². The second kappa shape index (κ2) is 9.60. The molecule has 0 radical (unpaired) electrons. The fraction of sp³-hybridized carbons (Fsp3) is 0.0556. The summed E-state index contributed by atoms with van der Waals surface area (Å²) in [6.07, 6.45) is 8.14. The topological polar surface area (TPSA) is 17.1 Å². The van der Waals surface area contributed by atoms with Crippen LogP contribution in [0.15, 0.2) is 72.8 Å². The van der Waals surface area contributed by atoms with E-state index in [1.165, 1.54) is 11.6 Å². The minimum absolute atomic E-state index is 0.771. The molecular formula is C18H18O. The van der Waals surface area contributed by atoms with Crippen LogP contribution in [0.5, 0.6) is 0 Å². The van der Waals surface area contributed by atoms with Crippen LogP contribution in [0.25, 0.3) is 12.2 Å². The van der Waals surface area contributed by atoms with E-state index in [-0.39, 0.29) is 0 Å². The summed E-state index contributed by atoms with van der Waals surface area (Å²) in [4.78, 5) is 9.89. The van der Waals surface area contributed by atoms with Gasteiger partial charge in [0.25, 0.3) is 0 Å². The van der Waals surface area contributed by atoms with Crippen molar-refractivity contribution in [1.82, 2.24) is 0 Å². The Hall–Kier alpha value is -2.41. The van der Waals surface area contributed by atoms with E-state index < -0.39 is 0 Å². The molecule has 0 fully saturated rings. The summed E-state index contributed by atoms with van der Waals surface area (Å²) in [6, 6.07) is 20.0. The number of hydrogen-bond acceptors (Lipinski definition) is 1. The fourth-order valence-corrected chi connectivity index (χ4v) is 1.47. The van der Waals surface area contributed by atoms with Crippen LogP contribution in [-0.2, 0) is 4.79 Å². The number of carbonyl (C=O) groups excluding carboxylic acids is 1. The van der Waals surface area contributed by atoms with Crippen molar-refractivity contribution in [2.45, 2.75) is 6.92 Å². The number of hydrogen-bond donors (Lipinski definition) is 0. The van der Waals surface area contributed by atoms with Crippen LogP contribution in [0.4, 0.5) is 0 Å². The Morgan fingerprint density at radius 1 is 0.737 bits per heavy atom. The summed E-state index contributed by atoms with van der Waals surface area (Å²) < 4.78 is 0. The summed E-state index contributed by atoms with van der Waals surface area (Å²) >= 11 is 0. The van der Waals surface area contributed by atoms with Gasteiger partial charge < -0.3 is 0 Å². The Labute approximate surface area is 114 Å². The molecule has 0 unspecified atom stereocenters. The van der Waals surface area contributed by atoms with Gasteiger partial charge in [0.2, 0.25) is 0 Å². The van der Waals surface area contributed by atoms with Gasteiger partial charge in [-0.05, 0) is 24.1 Å². The van der Waals surface area contributed by atoms with Crippen molar-refractivity contribution in [2.75, 3.05) is 0 Å². The number of carbonyl (C=O) groups is 1. The first kappa shape index (κ1) is 14.7. The zero-order chi connectivity index (χ0) is 13.8. The van der Waals surface area contributed by atoms with Crippen LogP contribution in [0.2, 0.25) is 0 Å². The first-order valence-corrected chi connectivity index (χ1v) is 6.21. The van der Waals surface area contributed by atoms with Crippen molar-refractivity contribution in [3.05, 3.63) is 83.9 Å². The third-order valence-corrected chi connectivity index (χ3v) is 2.33. The molecule has 0 spiro atoms. The van der Waals surface area contributed by atoms with E-state index in [0.717, 1.165) is 11.8 Å². The van der Waals surface area contributed by atoms with Crippen molar-refractivity contribution in [2.24, 2.45) is 0 Å². The molecule has 0 amide bonds. The second-order valence-electron chi connectivity index (χ2n) is 3.82. The molecule has 0 aliphatic carbocycles. The summed E-state index contributed by atoms with van der Waals surface area (Å²) in [5, 5.41) is 0. The first-order chi connectivity index (χ1) is 9.36. The van der Waals surface area contributed by atoms with Crippen LogP contribution in [0, 0.1) is 0 Å². The third-order valence-electron chi connectivity index (χ3n) is 2.33. The van der Waals surface area contributed by atoms with E-state index >= 15 is 0 Å². The fourth-order valence-electron chi connectivity index (χ4n) is 1.47. The Morgan fingerprint density at radius 3 is 1.63 bits per heavy atom. The number of rotatable bonds is 3. The van der Waals surface area contributed by atoms with Gasteiger partial charge in [-0.15, -0.1) is 0 Å². The molecule has 2 rings (SSSR count). The van der Waals surface area contributed by atoms with Crippen molar-refractivity contribution in [3.8, 4) is 0 Å². The maximum atomic E-state index is 9.89. The zero-order valence-electron chi connectivity index (χ0n) is 11.1. The highest BCUT2D eigenvalue weighted by Crippen LogP contribution is 2.00. The van der Waals surface area contributed by atoms with Gasteiger partial charge in [-0.3, -0.25) is 4.79 Å². The monoisotopic (exact) mass is 250 g/mol. The van der Waals surface area contributed by atoms with Gasteiger partial charge >= 0.3 is 0 Å². The highest BCUT2D eigenvalue weighted by Gasteiger charge is 1.79. The largest absolute Gasteiger partial charge is 0.299 e. The predicted octanol–water partition coefficient (Wildman–Crippen LogP) is 4.62. The molecular weight excluding hydrogens is 232 g/mol. The predicted molar refractivity (Wildman–Crippen MR) is 82.7 cm³/mol. The second-order valence-corrected chi connectivity index (χ2v) is 3.82. The van der Waals surface area contributed by atoms with Gasteiger partial charge in [0.1, 0.15) is 6.29 Å². The van der Waals surface area contributed by atoms with Crippen molar-refractivity contribution in [3.63, 3.8) is 0 Å². The molecule has 1 heteroatoms. The van der Waals surface area contributed by atoms with Gasteiger partial charge in [0, 0.05) is 0 Å². The standard InChI is InChI=1S/C9H8O.C9H10/c10-8-4-7-9-5-2-1-3-6-9;1-2-6-9-7-4-3-5-8-9/h1-8H;2-8H,1H3/b7-4+;6-2+. The van der Waals surface area contributed by atoms with Gasteiger partial charge in [0.15, 0.2) is 0 Å². The Morgan fingerprint density at radius 2 is 1.21 bits per heavy atom. The van der Waals surface area contributed by atoms with Crippen molar-refractivity contribution < 1.29 is 4.79 Å². The number of allylic oxidation sites excluding steroid dienone is 2. The summed E-state index contributed by atoms with van der Waals surface area (Å²) in [7, 11) is 0. The molecule has 96 valence electrons. The van der Waals surface area contributed by atoms with Crippen LogP contribution in [0.3, 0.4) is 0 Å². The van der Waals surface area contributed by atoms with Crippen LogP contribution < -0.4 is 0 Å². The zero-order valence-corrected chi connectivity index (χ0v) is 11.1. The lowest BCUT2D eigenvalue weighted by molar-refractivity contribution is -0.104. The lowest BCUT2D eigenvalue weighted by Crippen LogP contribution is -1.67. The Balaban J connectivity index is 0.000000191. The molecule has 0 saturated heterocycles. The number of benzene rings is 2. The molecule has 0 saturated carbocycles. The maximum Gasteiger partial charge on any atom is 0.142 e. The minimum Gasteiger partial charge on any atom is -0.299 e. The van der Waals surface area contributed by atoms with E-state index in [2.05, 4.69) is 18.2 Å². The van der Waals surface area contributed by atoms with Crippen LogP contribution in [-0.4, -0.2) is 6.29 Å². The molecule has 0 heterocycles. The Bertz CT molecular complexity index is 510. The van der Waals surface area contributed by atoms with E-state index in [0.29, 0.717) is 0 Å². The molecule has 0 aliphatic heterocycles. The smallest absolute Gasteiger partial charge is 0.142 e. The van der Waals surface area contributed by atoms with E-state index in [4.69, 9.17) is 0 Å². The normalized spacial score (nSPS) is 10.2. The molecule has 1 nitrogen and oxygen atoms in total. The van der Waals surface area contributed by atoms with Gasteiger partial charge in [0.05, 0.1) is 0 Å². The van der Waals surface area contributed by atoms with Gasteiger partial charge in [-0.25, -0.2) is 0 Å². The molecule has 0 bridgehead atoms. The Kier molecular flexibility index (Phi) is 7.40. The SMILES string of the molecule is C/C=C/c1ccccc1.O=C/C=C/c1ccccc1. The molecule has 0 atom stereocenters. The van der Waals surface area contributed by atoms with Crippen molar-refractivity contribution in [1.29, 1.82) is 0 Å². The summed E-state index contributed by atoms with van der Waals surface area (Å²) in [5.74, 6) is 0. The highest BCUT2D eigenvalue weighted by molar-refractivity contribution is 5.73. The van der Waals surface area contributed by atoms with E-state index in [1.54, 1.807) is 6.08 Å². The number of aldehydes is 1. The molecule has 0 aliphatic rings. The summed E-state index contributed by atoms with van der Waals surface area (Å²) in [6.45, 7) is 2.02. The molecule has 19 heavy (non-hydrogen) atoms. The quantitative estimate of drug-likeness (QED) is 0.574. The lowest BCUT2D eigenvalue weighted by Gasteiger charge is -1.86.